The highest BCUT2D eigenvalue weighted by Crippen LogP contribution is 2.43. The van der Waals surface area contributed by atoms with Crippen molar-refractivity contribution in [3.63, 3.8) is 0 Å². The second kappa shape index (κ2) is 49.6. The molecule has 0 saturated carbocycles. The van der Waals surface area contributed by atoms with Crippen molar-refractivity contribution in [2.75, 3.05) is 19.8 Å². The van der Waals surface area contributed by atoms with Crippen molar-refractivity contribution in [1.82, 2.24) is 5.32 Å². The highest BCUT2D eigenvalue weighted by Gasteiger charge is 2.28. The number of esters is 1. The third-order valence-electron chi connectivity index (χ3n) is 10.5. The lowest BCUT2D eigenvalue weighted by atomic mass is 10.1. The molecular formula is C56H92NO10P. The van der Waals surface area contributed by atoms with Gasteiger partial charge in [0, 0.05) is 12.8 Å². The molecule has 0 bridgehead atoms. The molecule has 4 N–H and O–H groups in total. The van der Waals surface area contributed by atoms with Crippen molar-refractivity contribution in [3.8, 4) is 0 Å². The number of phosphoric ester groups is 1. The predicted molar refractivity (Wildman–Crippen MR) is 281 cm³/mol. The Morgan fingerprint density at radius 1 is 0.485 bits per heavy atom. The van der Waals surface area contributed by atoms with Crippen LogP contribution < -0.4 is 5.32 Å². The van der Waals surface area contributed by atoms with E-state index < -0.39 is 57.6 Å². The van der Waals surface area contributed by atoms with Crippen molar-refractivity contribution in [1.29, 1.82) is 0 Å². The Balaban J connectivity index is 3.92. The predicted octanol–water partition coefficient (Wildman–Crippen LogP) is 14.6. The van der Waals surface area contributed by atoms with Crippen LogP contribution in [0.25, 0.3) is 0 Å². The summed E-state index contributed by atoms with van der Waals surface area (Å²) in [5.74, 6) is -2.45. The number of hydrogen-bond acceptors (Lipinski definition) is 8. The zero-order chi connectivity index (χ0) is 49.9. The van der Waals surface area contributed by atoms with Crippen molar-refractivity contribution in [2.24, 2.45) is 0 Å². The Bertz CT molecular complexity index is 1560. The molecule has 12 heteroatoms. The molecule has 0 aromatic heterocycles. The van der Waals surface area contributed by atoms with E-state index in [0.29, 0.717) is 12.8 Å². The average molecular weight is 970 g/mol. The average Bonchev–Trinajstić information content (AvgIpc) is 3.32. The summed E-state index contributed by atoms with van der Waals surface area (Å²) in [7, 11) is -4.79. The van der Waals surface area contributed by atoms with Crippen LogP contribution in [0, 0.1) is 0 Å². The van der Waals surface area contributed by atoms with Crippen LogP contribution >= 0.6 is 7.82 Å². The number of hydrogen-bond donors (Lipinski definition) is 4. The van der Waals surface area contributed by atoms with Gasteiger partial charge in [-0.15, -0.1) is 0 Å². The van der Waals surface area contributed by atoms with Crippen LogP contribution in [0.3, 0.4) is 0 Å². The number of aliphatic carboxylic acids is 1. The molecule has 0 aliphatic heterocycles. The fourth-order valence-electron chi connectivity index (χ4n) is 6.56. The number of aliphatic hydroxyl groups excluding tert-OH is 1. The number of carboxylic acid groups (broad SMARTS) is 1. The standard InChI is InChI=1S/C56H92NO10P/c1-3-5-7-9-11-13-15-17-19-21-23-25-26-28-30-32-34-36-38-40-42-44-46-48-55(60)65-49-52(58)50-66-68(63,64)67-51-53(56(61)62)57-54(59)47-45-43-41-39-37-35-33-31-29-27-24-22-20-18-16-14-12-10-8-6-4-2/h6,8,11-14,17-20,23-25,27,31,33,37,39,52-53,58H,3-5,7,9-10,15-16,21-22,26,28-30,32,34-36,38,40-51H2,1-2H3,(H,57,59)(H,61,62)(H,63,64)/b8-6-,13-11-,14-12-,19-17-,20-18-,25-23-,27-24-,33-31-,39-37-. The molecule has 3 unspecified atom stereocenters. The summed E-state index contributed by atoms with van der Waals surface area (Å²) in [4.78, 5) is 46.1. The summed E-state index contributed by atoms with van der Waals surface area (Å²) in [5.41, 5.74) is 0. The van der Waals surface area contributed by atoms with Crippen LogP contribution in [-0.4, -0.2) is 64.9 Å². The number of unbranched alkanes of at least 4 members (excludes halogenated alkanes) is 15. The van der Waals surface area contributed by atoms with E-state index in [2.05, 4.69) is 122 Å². The number of amides is 1. The molecule has 386 valence electrons. The SMILES string of the molecule is CC/C=C\C/C=C\C/C=C\C/C=C\C/C=C\C/C=C\CCCCC(=O)NC(COP(=O)(O)OCC(O)COC(=O)CCCCCCCCCCCC/C=C\C/C=C\C/C=C\CCCCC)C(=O)O. The molecule has 0 radical (unpaired) electrons. The monoisotopic (exact) mass is 970 g/mol. The van der Waals surface area contributed by atoms with E-state index in [1.54, 1.807) is 0 Å². The normalized spacial score (nSPS) is 14.4. The lowest BCUT2D eigenvalue weighted by Crippen LogP contribution is -2.43. The van der Waals surface area contributed by atoms with Gasteiger partial charge >= 0.3 is 19.8 Å². The van der Waals surface area contributed by atoms with Crippen LogP contribution in [0.2, 0.25) is 0 Å². The Morgan fingerprint density at radius 2 is 0.853 bits per heavy atom. The maximum Gasteiger partial charge on any atom is 0.472 e. The van der Waals surface area contributed by atoms with Crippen LogP contribution in [0.4, 0.5) is 0 Å². The number of carbonyl (C=O) groups is 3. The summed E-state index contributed by atoms with van der Waals surface area (Å²) in [6.45, 7) is 2.42. The van der Waals surface area contributed by atoms with Crippen LogP contribution in [0.1, 0.15) is 194 Å². The largest absolute Gasteiger partial charge is 0.480 e. The van der Waals surface area contributed by atoms with Crippen molar-refractivity contribution < 1.29 is 47.8 Å². The number of carbonyl (C=O) groups excluding carboxylic acids is 2. The Hall–Kier alpha value is -3.86. The second-order valence-corrected chi connectivity index (χ2v) is 18.4. The minimum atomic E-state index is -4.79. The molecule has 0 heterocycles. The summed E-state index contributed by atoms with van der Waals surface area (Å²) >= 11 is 0. The number of ether oxygens (including phenoxy) is 1. The summed E-state index contributed by atoms with van der Waals surface area (Å²) in [6.07, 6.45) is 65.4. The third kappa shape index (κ3) is 48.6. The molecular weight excluding hydrogens is 878 g/mol. The lowest BCUT2D eigenvalue weighted by Gasteiger charge is -2.18. The molecule has 0 aromatic rings. The quantitative estimate of drug-likeness (QED) is 0.0199. The molecule has 11 nitrogen and oxygen atoms in total. The first kappa shape index (κ1) is 64.1. The number of aliphatic hydroxyl groups is 1. The maximum atomic E-state index is 12.4. The van der Waals surface area contributed by atoms with Crippen molar-refractivity contribution >= 4 is 25.7 Å². The highest BCUT2D eigenvalue weighted by molar-refractivity contribution is 7.47. The van der Waals surface area contributed by atoms with Crippen LogP contribution in [0.5, 0.6) is 0 Å². The van der Waals surface area contributed by atoms with Gasteiger partial charge in [-0.25, -0.2) is 9.36 Å². The minimum absolute atomic E-state index is 0.0840. The fourth-order valence-corrected chi connectivity index (χ4v) is 7.33. The summed E-state index contributed by atoms with van der Waals surface area (Å²) in [5, 5.41) is 21.9. The minimum Gasteiger partial charge on any atom is -0.480 e. The number of nitrogens with one attached hydrogen (secondary N) is 1. The van der Waals surface area contributed by atoms with Crippen LogP contribution in [-0.2, 0) is 32.7 Å². The Labute approximate surface area is 412 Å². The maximum absolute atomic E-state index is 12.4. The van der Waals surface area contributed by atoms with E-state index in [9.17, 15) is 34.1 Å². The van der Waals surface area contributed by atoms with Gasteiger partial charge in [-0.3, -0.25) is 18.6 Å². The molecule has 0 spiro atoms. The lowest BCUT2D eigenvalue weighted by molar-refractivity contribution is -0.147. The van der Waals surface area contributed by atoms with E-state index >= 15 is 0 Å². The molecule has 0 saturated heterocycles. The molecule has 0 aliphatic carbocycles. The van der Waals surface area contributed by atoms with Crippen molar-refractivity contribution in [3.05, 3.63) is 109 Å². The zero-order valence-corrected chi connectivity index (χ0v) is 43.0. The number of rotatable bonds is 47. The van der Waals surface area contributed by atoms with Gasteiger partial charge in [0.2, 0.25) is 5.91 Å². The second-order valence-electron chi connectivity index (χ2n) is 17.0. The molecule has 0 rings (SSSR count). The number of phosphoric acid groups is 1. The molecule has 3 atom stereocenters. The first-order chi connectivity index (χ1) is 33.1. The van der Waals surface area contributed by atoms with Gasteiger partial charge in [0.05, 0.1) is 13.2 Å². The van der Waals surface area contributed by atoms with Gasteiger partial charge < -0.3 is 25.2 Å². The smallest absolute Gasteiger partial charge is 0.472 e. The van der Waals surface area contributed by atoms with Gasteiger partial charge in [-0.05, 0) is 103 Å². The summed E-state index contributed by atoms with van der Waals surface area (Å²) in [6, 6.07) is -1.58. The molecule has 0 fully saturated rings. The third-order valence-corrected chi connectivity index (χ3v) is 11.5. The topological polar surface area (TPSA) is 169 Å². The Morgan fingerprint density at radius 3 is 1.29 bits per heavy atom. The highest BCUT2D eigenvalue weighted by atomic mass is 31.2. The van der Waals surface area contributed by atoms with E-state index in [0.717, 1.165) is 89.9 Å². The molecule has 0 aromatic carbocycles. The van der Waals surface area contributed by atoms with Crippen molar-refractivity contribution in [2.45, 2.75) is 206 Å². The van der Waals surface area contributed by atoms with Gasteiger partial charge in [-0.2, -0.15) is 0 Å². The van der Waals surface area contributed by atoms with Gasteiger partial charge in [-0.1, -0.05) is 187 Å². The molecule has 0 aliphatic rings. The van der Waals surface area contributed by atoms with E-state index in [1.165, 1.54) is 64.2 Å². The zero-order valence-electron chi connectivity index (χ0n) is 42.1. The van der Waals surface area contributed by atoms with E-state index in [-0.39, 0.29) is 12.8 Å². The first-order valence-electron chi connectivity index (χ1n) is 25.9. The van der Waals surface area contributed by atoms with Crippen LogP contribution in [0.15, 0.2) is 109 Å². The van der Waals surface area contributed by atoms with Gasteiger partial charge in [0.1, 0.15) is 12.7 Å². The molecule has 1 amide bonds. The van der Waals surface area contributed by atoms with Gasteiger partial charge in [0.25, 0.3) is 0 Å². The Kier molecular flexibility index (Phi) is 46.7. The summed E-state index contributed by atoms with van der Waals surface area (Å²) < 4.78 is 26.9. The number of carboxylic acids is 1. The number of allylic oxidation sites excluding steroid dienone is 18. The molecule has 68 heavy (non-hydrogen) atoms. The van der Waals surface area contributed by atoms with Gasteiger partial charge in [0.15, 0.2) is 6.04 Å². The van der Waals surface area contributed by atoms with E-state index in [1.807, 2.05) is 6.08 Å². The van der Waals surface area contributed by atoms with E-state index in [4.69, 9.17) is 13.8 Å². The fraction of sp³-hybridized carbons (Fsp3) is 0.625. The first-order valence-corrected chi connectivity index (χ1v) is 27.4.